The van der Waals surface area contributed by atoms with Gasteiger partial charge in [-0.3, -0.25) is 14.2 Å². The summed E-state index contributed by atoms with van der Waals surface area (Å²) >= 11 is 0. The zero-order chi connectivity index (χ0) is 26.3. The first kappa shape index (κ1) is 24.8. The molecule has 0 saturated carbocycles. The van der Waals surface area contributed by atoms with Gasteiger partial charge in [-0.2, -0.15) is 0 Å². The van der Waals surface area contributed by atoms with Gasteiger partial charge in [0.25, 0.3) is 5.56 Å². The third kappa shape index (κ3) is 5.59. The molecule has 2 aromatic heterocycles. The fraction of sp³-hybridized carbons (Fsp3) is 0.167. The fourth-order valence-electron chi connectivity index (χ4n) is 4.33. The first-order valence-electron chi connectivity index (χ1n) is 12.3. The van der Waals surface area contributed by atoms with Crippen LogP contribution in [0.4, 0.5) is 5.82 Å². The van der Waals surface area contributed by atoms with Crippen molar-refractivity contribution >= 4 is 22.7 Å². The van der Waals surface area contributed by atoms with E-state index in [0.717, 1.165) is 33.3 Å². The van der Waals surface area contributed by atoms with E-state index in [1.165, 1.54) is 4.57 Å². The largest absolute Gasteiger partial charge is 0.497 e. The average molecular weight is 509 g/mol. The van der Waals surface area contributed by atoms with Gasteiger partial charge in [0.1, 0.15) is 18.9 Å². The molecule has 38 heavy (non-hydrogen) atoms. The SMILES string of the molecule is COc1ccc2[nH]cc(CCNc3ncc(-c4ccccc4)n(CC(=O)OCc4ccccc4)c3=O)c2c1. The van der Waals surface area contributed by atoms with Crippen molar-refractivity contribution < 1.29 is 14.3 Å². The monoisotopic (exact) mass is 508 g/mol. The molecule has 0 aliphatic carbocycles. The van der Waals surface area contributed by atoms with Crippen LogP contribution in [0.5, 0.6) is 5.75 Å². The number of fused-ring (bicyclic) bond motifs is 1. The number of nitrogens with zero attached hydrogens (tertiary/aromatic N) is 2. The molecule has 2 N–H and O–H groups in total. The van der Waals surface area contributed by atoms with Crippen LogP contribution < -0.4 is 15.6 Å². The Balaban J connectivity index is 1.34. The van der Waals surface area contributed by atoms with Crippen LogP contribution in [0.15, 0.2) is 96.1 Å². The summed E-state index contributed by atoms with van der Waals surface area (Å²) < 4.78 is 12.2. The van der Waals surface area contributed by atoms with E-state index in [9.17, 15) is 9.59 Å². The van der Waals surface area contributed by atoms with Crippen LogP contribution in [0.1, 0.15) is 11.1 Å². The number of methoxy groups -OCH3 is 1. The number of carbonyl (C=O) groups is 1. The minimum Gasteiger partial charge on any atom is -0.497 e. The van der Waals surface area contributed by atoms with Crippen molar-refractivity contribution in [3.05, 3.63) is 113 Å². The maximum atomic E-state index is 13.5. The maximum absolute atomic E-state index is 13.5. The topological polar surface area (TPSA) is 98.2 Å². The van der Waals surface area contributed by atoms with E-state index in [-0.39, 0.29) is 24.5 Å². The van der Waals surface area contributed by atoms with Crippen LogP contribution in [0.3, 0.4) is 0 Å². The van der Waals surface area contributed by atoms with Crippen molar-refractivity contribution in [3.63, 3.8) is 0 Å². The van der Waals surface area contributed by atoms with Crippen LogP contribution >= 0.6 is 0 Å². The lowest BCUT2D eigenvalue weighted by Crippen LogP contribution is -2.30. The van der Waals surface area contributed by atoms with E-state index in [1.807, 2.05) is 85.1 Å². The van der Waals surface area contributed by atoms with Crippen LogP contribution in [-0.4, -0.2) is 34.2 Å². The van der Waals surface area contributed by atoms with Crippen LogP contribution in [0, 0.1) is 0 Å². The number of carbonyl (C=O) groups excluding carboxylic acids is 1. The summed E-state index contributed by atoms with van der Waals surface area (Å²) in [7, 11) is 1.64. The highest BCUT2D eigenvalue weighted by atomic mass is 16.5. The third-order valence-corrected chi connectivity index (χ3v) is 6.32. The minimum absolute atomic E-state index is 0.140. The molecule has 0 atom stereocenters. The number of anilines is 1. The Hall–Kier alpha value is -4.85. The average Bonchev–Trinajstić information content (AvgIpc) is 3.37. The van der Waals surface area contributed by atoms with Gasteiger partial charge in [0.2, 0.25) is 0 Å². The van der Waals surface area contributed by atoms with Gasteiger partial charge in [-0.15, -0.1) is 0 Å². The predicted octanol–water partition coefficient (Wildman–Crippen LogP) is 4.80. The molecular weight excluding hydrogens is 480 g/mol. The zero-order valence-electron chi connectivity index (χ0n) is 21.0. The van der Waals surface area contributed by atoms with Gasteiger partial charge in [-0.1, -0.05) is 60.7 Å². The lowest BCUT2D eigenvalue weighted by molar-refractivity contribution is -0.145. The number of nitrogens with one attached hydrogen (secondary N) is 2. The number of hydrogen-bond donors (Lipinski definition) is 2. The number of ether oxygens (including phenoxy) is 2. The predicted molar refractivity (Wildman–Crippen MR) is 147 cm³/mol. The number of rotatable bonds is 10. The molecule has 0 aliphatic heterocycles. The molecule has 8 nitrogen and oxygen atoms in total. The Morgan fingerprint density at radius 3 is 2.55 bits per heavy atom. The van der Waals surface area contributed by atoms with Crippen molar-refractivity contribution in [3.8, 4) is 17.0 Å². The molecule has 0 aliphatic rings. The van der Waals surface area contributed by atoms with Gasteiger partial charge in [-0.05, 0) is 41.3 Å². The van der Waals surface area contributed by atoms with Gasteiger partial charge in [0.05, 0.1) is 19.0 Å². The van der Waals surface area contributed by atoms with Gasteiger partial charge in [0, 0.05) is 23.6 Å². The third-order valence-electron chi connectivity index (χ3n) is 6.32. The molecule has 5 aromatic rings. The standard InChI is InChI=1S/C30H28N4O4/c1-37-24-12-13-26-25(16-24)23(17-32-26)14-15-31-29-30(36)34(27(18-33-29)22-10-6-3-7-11-22)19-28(35)38-20-21-8-4-2-5-9-21/h2-13,16-18,32H,14-15,19-20H2,1H3,(H,31,33). The lowest BCUT2D eigenvalue weighted by Gasteiger charge is -2.15. The molecule has 0 unspecified atom stereocenters. The van der Waals surface area contributed by atoms with Gasteiger partial charge in [0.15, 0.2) is 5.82 Å². The highest BCUT2D eigenvalue weighted by molar-refractivity contribution is 5.84. The first-order valence-corrected chi connectivity index (χ1v) is 12.3. The number of hydrogen-bond acceptors (Lipinski definition) is 6. The first-order chi connectivity index (χ1) is 18.6. The summed E-state index contributed by atoms with van der Waals surface area (Å²) in [5, 5.41) is 4.22. The molecular formula is C30H28N4O4. The summed E-state index contributed by atoms with van der Waals surface area (Å²) in [4.78, 5) is 33.9. The maximum Gasteiger partial charge on any atom is 0.326 e. The Labute approximate surface area is 219 Å². The van der Waals surface area contributed by atoms with E-state index in [4.69, 9.17) is 9.47 Å². The van der Waals surface area contributed by atoms with E-state index < -0.39 is 5.97 Å². The van der Waals surface area contributed by atoms with Crippen molar-refractivity contribution in [2.45, 2.75) is 19.6 Å². The lowest BCUT2D eigenvalue weighted by atomic mass is 10.1. The Morgan fingerprint density at radius 2 is 1.79 bits per heavy atom. The summed E-state index contributed by atoms with van der Waals surface area (Å²) in [6.07, 6.45) is 4.23. The zero-order valence-corrected chi connectivity index (χ0v) is 21.0. The van der Waals surface area contributed by atoms with E-state index in [0.29, 0.717) is 18.7 Å². The Bertz CT molecular complexity index is 1590. The number of aromatic nitrogens is 3. The second kappa shape index (κ2) is 11.5. The van der Waals surface area contributed by atoms with Crippen LogP contribution in [-0.2, 0) is 29.1 Å². The quantitative estimate of drug-likeness (QED) is 0.263. The second-order valence-corrected chi connectivity index (χ2v) is 8.80. The molecule has 0 radical (unpaired) electrons. The summed E-state index contributed by atoms with van der Waals surface area (Å²) in [5.41, 5.74) is 3.93. The molecule has 5 rings (SSSR count). The molecule has 0 spiro atoms. The van der Waals surface area contributed by atoms with Crippen molar-refractivity contribution in [2.24, 2.45) is 0 Å². The molecule has 0 fully saturated rings. The number of esters is 1. The summed E-state index contributed by atoms with van der Waals surface area (Å²) in [5.74, 6) is 0.461. The van der Waals surface area contributed by atoms with E-state index >= 15 is 0 Å². The highest BCUT2D eigenvalue weighted by Crippen LogP contribution is 2.24. The molecule has 2 heterocycles. The molecule has 0 amide bonds. The second-order valence-electron chi connectivity index (χ2n) is 8.80. The van der Waals surface area contributed by atoms with Crippen molar-refractivity contribution in [2.75, 3.05) is 19.0 Å². The number of aromatic amines is 1. The van der Waals surface area contributed by atoms with Crippen LogP contribution in [0.25, 0.3) is 22.2 Å². The molecule has 0 saturated heterocycles. The van der Waals surface area contributed by atoms with Gasteiger partial charge in [-0.25, -0.2) is 4.98 Å². The van der Waals surface area contributed by atoms with Crippen molar-refractivity contribution in [1.82, 2.24) is 14.5 Å². The van der Waals surface area contributed by atoms with Gasteiger partial charge >= 0.3 is 5.97 Å². The molecule has 192 valence electrons. The van der Waals surface area contributed by atoms with Crippen LogP contribution in [0.2, 0.25) is 0 Å². The summed E-state index contributed by atoms with van der Waals surface area (Å²) in [6.45, 7) is 0.394. The Kier molecular flexibility index (Phi) is 7.49. The highest BCUT2D eigenvalue weighted by Gasteiger charge is 2.16. The van der Waals surface area contributed by atoms with Gasteiger partial charge < -0.3 is 19.8 Å². The van der Waals surface area contributed by atoms with Crippen molar-refractivity contribution in [1.29, 1.82) is 0 Å². The van der Waals surface area contributed by atoms with E-state index in [2.05, 4.69) is 15.3 Å². The summed E-state index contributed by atoms with van der Waals surface area (Å²) in [6, 6.07) is 24.7. The Morgan fingerprint density at radius 1 is 1.03 bits per heavy atom. The minimum atomic E-state index is -0.502. The normalized spacial score (nSPS) is 10.9. The molecule has 8 heteroatoms. The number of H-pyrrole nitrogens is 1. The molecule has 0 bridgehead atoms. The fourth-order valence-corrected chi connectivity index (χ4v) is 4.33. The van der Waals surface area contributed by atoms with E-state index in [1.54, 1.807) is 13.3 Å². The molecule has 3 aromatic carbocycles. The number of benzene rings is 3. The smallest absolute Gasteiger partial charge is 0.326 e.